The van der Waals surface area contributed by atoms with E-state index in [1.54, 1.807) is 20.3 Å². The summed E-state index contributed by atoms with van der Waals surface area (Å²) in [6.07, 6.45) is -1.20. The van der Waals surface area contributed by atoms with Gasteiger partial charge in [-0.25, -0.2) is 4.79 Å². The van der Waals surface area contributed by atoms with Gasteiger partial charge in [-0.1, -0.05) is 60.7 Å². The van der Waals surface area contributed by atoms with E-state index in [0.29, 0.717) is 11.5 Å². The van der Waals surface area contributed by atoms with Crippen LogP contribution in [0.4, 0.5) is 0 Å². The first-order valence-electron chi connectivity index (χ1n) is 13.8. The van der Waals surface area contributed by atoms with E-state index in [0.717, 1.165) is 21.3 Å². The Morgan fingerprint density at radius 2 is 1.49 bits per heavy atom. The van der Waals surface area contributed by atoms with Crippen LogP contribution in [0.1, 0.15) is 22.9 Å². The van der Waals surface area contributed by atoms with E-state index < -0.39 is 41.4 Å². The van der Waals surface area contributed by atoms with E-state index >= 15 is 0 Å². The van der Waals surface area contributed by atoms with Gasteiger partial charge in [-0.3, -0.25) is 14.3 Å². The van der Waals surface area contributed by atoms with Crippen LogP contribution < -0.4 is 20.7 Å². The highest BCUT2D eigenvalue weighted by Gasteiger charge is 2.48. The lowest BCUT2D eigenvalue weighted by Gasteiger charge is -2.37. The summed E-state index contributed by atoms with van der Waals surface area (Å²) in [7, 11) is 3.21. The normalized spacial score (nSPS) is 20.1. The van der Waals surface area contributed by atoms with Gasteiger partial charge < -0.3 is 28.8 Å². The molecule has 4 aromatic rings. The number of nitrogens with one attached hydrogen (secondary N) is 1. The van der Waals surface area contributed by atoms with Gasteiger partial charge in [-0.05, 0) is 41.0 Å². The van der Waals surface area contributed by atoms with Crippen LogP contribution in [-0.2, 0) is 19.8 Å². The number of ether oxygens (including phenoxy) is 5. The lowest BCUT2D eigenvalue weighted by molar-refractivity contribution is -0.102. The molecule has 2 heterocycles. The number of H-pyrrole nitrogens is 1. The molecule has 2 N–H and O–H groups in total. The molecule has 10 heteroatoms. The third kappa shape index (κ3) is 6.04. The first kappa shape index (κ1) is 30.0. The van der Waals surface area contributed by atoms with Crippen LogP contribution in [0.15, 0.2) is 113 Å². The Morgan fingerprint density at radius 3 is 2.02 bits per heavy atom. The smallest absolute Gasteiger partial charge is 0.330 e. The fourth-order valence-electron chi connectivity index (χ4n) is 5.38. The van der Waals surface area contributed by atoms with Crippen molar-refractivity contribution in [1.82, 2.24) is 9.55 Å². The van der Waals surface area contributed by atoms with Gasteiger partial charge in [0.1, 0.15) is 35.4 Å². The molecule has 43 heavy (non-hydrogen) atoms. The molecule has 4 atom stereocenters. The van der Waals surface area contributed by atoms with Crippen LogP contribution in [0, 0.1) is 0 Å². The van der Waals surface area contributed by atoms with Gasteiger partial charge in [0.25, 0.3) is 5.56 Å². The summed E-state index contributed by atoms with van der Waals surface area (Å²) < 4.78 is 31.1. The van der Waals surface area contributed by atoms with Gasteiger partial charge >= 0.3 is 5.69 Å². The molecule has 0 aliphatic carbocycles. The Hall–Kier alpha value is -4.48. The molecule has 224 valence electrons. The Kier molecular flexibility index (Phi) is 9.22. The lowest BCUT2D eigenvalue weighted by atomic mass is 9.80. The molecule has 0 saturated carbocycles. The second kappa shape index (κ2) is 13.2. The molecule has 0 bridgehead atoms. The first-order chi connectivity index (χ1) is 20.9. The molecule has 5 rings (SSSR count). The molecule has 1 aromatic heterocycles. The molecule has 0 spiro atoms. The molecule has 0 radical (unpaired) electrons. The SMILES string of the molecule is C=CCOC1C(COC(c2ccccc2)(c2ccc(OC)cc2)c2ccc(OC)cc2)OC(n2ccc(=O)[nH]c2=O)C1O. The van der Waals surface area contributed by atoms with E-state index in [4.69, 9.17) is 23.7 Å². The summed E-state index contributed by atoms with van der Waals surface area (Å²) in [6, 6.07) is 26.2. The van der Waals surface area contributed by atoms with Crippen molar-refractivity contribution in [2.45, 2.75) is 30.1 Å². The predicted molar refractivity (Wildman–Crippen MR) is 159 cm³/mol. The molecular formula is C33H34N2O8. The summed E-state index contributed by atoms with van der Waals surface area (Å²) in [5.41, 5.74) is 0.0842. The van der Waals surface area contributed by atoms with E-state index in [-0.39, 0.29) is 13.2 Å². The number of aromatic amines is 1. The van der Waals surface area contributed by atoms with Crippen LogP contribution >= 0.6 is 0 Å². The highest BCUT2D eigenvalue weighted by Crippen LogP contribution is 2.43. The van der Waals surface area contributed by atoms with Gasteiger partial charge in [-0.2, -0.15) is 0 Å². The Labute approximate surface area is 248 Å². The third-order valence-electron chi connectivity index (χ3n) is 7.48. The maximum absolute atomic E-state index is 12.6. The second-order valence-corrected chi connectivity index (χ2v) is 9.97. The Morgan fingerprint density at radius 1 is 0.907 bits per heavy atom. The van der Waals surface area contributed by atoms with Crippen LogP contribution in [-0.4, -0.2) is 60.4 Å². The highest BCUT2D eigenvalue weighted by molar-refractivity contribution is 5.49. The maximum Gasteiger partial charge on any atom is 0.330 e. The van der Waals surface area contributed by atoms with Gasteiger partial charge in [-0.15, -0.1) is 6.58 Å². The number of hydrogen-bond acceptors (Lipinski definition) is 8. The summed E-state index contributed by atoms with van der Waals surface area (Å²) >= 11 is 0. The summed E-state index contributed by atoms with van der Waals surface area (Å²) in [5.74, 6) is 1.38. The molecule has 1 aliphatic heterocycles. The molecule has 1 saturated heterocycles. The number of benzene rings is 3. The monoisotopic (exact) mass is 586 g/mol. The van der Waals surface area contributed by atoms with Crippen molar-refractivity contribution in [2.75, 3.05) is 27.4 Å². The zero-order chi connectivity index (χ0) is 30.4. The lowest BCUT2D eigenvalue weighted by Crippen LogP contribution is -2.41. The Bertz CT molecular complexity index is 1570. The molecule has 4 unspecified atom stereocenters. The van der Waals surface area contributed by atoms with Crippen molar-refractivity contribution in [3.05, 3.63) is 141 Å². The molecule has 10 nitrogen and oxygen atoms in total. The number of methoxy groups -OCH3 is 2. The van der Waals surface area contributed by atoms with Crippen LogP contribution in [0.2, 0.25) is 0 Å². The highest BCUT2D eigenvalue weighted by atomic mass is 16.6. The van der Waals surface area contributed by atoms with E-state index in [1.165, 1.54) is 12.3 Å². The summed E-state index contributed by atoms with van der Waals surface area (Å²) in [5, 5.41) is 11.3. The first-order valence-corrected chi connectivity index (χ1v) is 13.8. The number of hydrogen-bond donors (Lipinski definition) is 2. The fourth-order valence-corrected chi connectivity index (χ4v) is 5.38. The van der Waals surface area contributed by atoms with Crippen molar-refractivity contribution in [2.24, 2.45) is 0 Å². The largest absolute Gasteiger partial charge is 0.497 e. The van der Waals surface area contributed by atoms with Crippen molar-refractivity contribution < 1.29 is 28.8 Å². The average molecular weight is 587 g/mol. The second-order valence-electron chi connectivity index (χ2n) is 9.97. The number of aliphatic hydroxyl groups is 1. The molecular weight excluding hydrogens is 552 g/mol. The topological polar surface area (TPSA) is 121 Å². The van der Waals surface area contributed by atoms with Crippen molar-refractivity contribution >= 4 is 0 Å². The number of nitrogens with zero attached hydrogens (tertiary/aromatic N) is 1. The molecule has 1 aliphatic rings. The molecule has 3 aromatic carbocycles. The van der Waals surface area contributed by atoms with Crippen molar-refractivity contribution in [3.8, 4) is 11.5 Å². The van der Waals surface area contributed by atoms with Crippen LogP contribution in [0.3, 0.4) is 0 Å². The minimum atomic E-state index is -1.25. The Balaban J connectivity index is 1.58. The van der Waals surface area contributed by atoms with E-state index in [1.807, 2.05) is 78.9 Å². The number of rotatable bonds is 12. The van der Waals surface area contributed by atoms with Crippen molar-refractivity contribution in [3.63, 3.8) is 0 Å². The quantitative estimate of drug-likeness (QED) is 0.192. The summed E-state index contributed by atoms with van der Waals surface area (Å²) in [6.45, 7) is 3.80. The van der Waals surface area contributed by atoms with Gasteiger partial charge in [0.05, 0.1) is 27.4 Å². The minimum Gasteiger partial charge on any atom is -0.497 e. The van der Waals surface area contributed by atoms with Gasteiger partial charge in [0.15, 0.2) is 6.23 Å². The van der Waals surface area contributed by atoms with E-state index in [2.05, 4.69) is 11.6 Å². The fraction of sp³-hybridized carbons (Fsp3) is 0.273. The van der Waals surface area contributed by atoms with Gasteiger partial charge in [0.2, 0.25) is 0 Å². The summed E-state index contributed by atoms with van der Waals surface area (Å²) in [4.78, 5) is 26.4. The standard InChI is InChI=1S/C33H34N2O8/c1-4-20-41-30-27(43-31(29(30)37)35-19-18-28(36)34-32(35)38)21-42-33(22-8-6-5-7-9-22,23-10-14-25(39-2)15-11-23)24-12-16-26(40-3)17-13-24/h4-19,27,29-31,37H,1,20-21H2,2-3H3,(H,34,36,38). The maximum atomic E-state index is 12.6. The average Bonchev–Trinajstić information content (AvgIpc) is 3.35. The number of aromatic nitrogens is 2. The predicted octanol–water partition coefficient (Wildman–Crippen LogP) is 3.39. The minimum absolute atomic E-state index is 0.0412. The van der Waals surface area contributed by atoms with Gasteiger partial charge in [0, 0.05) is 12.3 Å². The van der Waals surface area contributed by atoms with Crippen LogP contribution in [0.5, 0.6) is 11.5 Å². The van der Waals surface area contributed by atoms with E-state index in [9.17, 15) is 14.7 Å². The molecule has 0 amide bonds. The van der Waals surface area contributed by atoms with Crippen molar-refractivity contribution in [1.29, 1.82) is 0 Å². The molecule has 1 fully saturated rings. The third-order valence-corrected chi connectivity index (χ3v) is 7.48. The zero-order valence-corrected chi connectivity index (χ0v) is 23.9. The zero-order valence-electron chi connectivity index (χ0n) is 23.9. The van der Waals surface area contributed by atoms with Crippen LogP contribution in [0.25, 0.3) is 0 Å². The number of aliphatic hydroxyl groups excluding tert-OH is 1.